The van der Waals surface area contributed by atoms with Gasteiger partial charge in [0, 0.05) is 13.2 Å². The lowest BCUT2D eigenvalue weighted by atomic mass is 10.2. The van der Waals surface area contributed by atoms with Crippen molar-refractivity contribution >= 4 is 28.8 Å². The van der Waals surface area contributed by atoms with Gasteiger partial charge >= 0.3 is 0 Å². The molecule has 1 aliphatic rings. The Morgan fingerprint density at radius 2 is 2.53 bits per heavy atom. The summed E-state index contributed by atoms with van der Waals surface area (Å²) < 4.78 is 6.04. The molecule has 1 amide bonds. The zero-order chi connectivity index (χ0) is 10.7. The highest BCUT2D eigenvalue weighted by Gasteiger charge is 2.17. The molecule has 1 N–H and O–H groups in total. The maximum Gasteiger partial charge on any atom is 0.261 e. The van der Waals surface area contributed by atoms with Crippen LogP contribution in [0.15, 0.2) is 12.1 Å². The molecule has 15 heavy (non-hydrogen) atoms. The molecule has 1 saturated heterocycles. The molecule has 0 aromatic carbocycles. The quantitative estimate of drug-likeness (QED) is 0.888. The molecule has 0 radical (unpaired) electrons. The lowest BCUT2D eigenvalue weighted by molar-refractivity contribution is 0.0861. The second-order valence-electron chi connectivity index (χ2n) is 3.45. The van der Waals surface area contributed by atoms with E-state index < -0.39 is 0 Å². The van der Waals surface area contributed by atoms with Crippen molar-refractivity contribution < 1.29 is 9.53 Å². The Morgan fingerprint density at radius 3 is 3.13 bits per heavy atom. The van der Waals surface area contributed by atoms with E-state index in [1.807, 2.05) is 0 Å². The second-order valence-corrected chi connectivity index (χ2v) is 5.16. The monoisotopic (exact) mass is 245 g/mol. The summed E-state index contributed by atoms with van der Waals surface area (Å²) in [7, 11) is 0. The third-order valence-electron chi connectivity index (χ3n) is 2.31. The summed E-state index contributed by atoms with van der Waals surface area (Å²) in [5, 5.41) is 2.84. The molecule has 1 aromatic heterocycles. The van der Waals surface area contributed by atoms with Crippen LogP contribution in [0.5, 0.6) is 0 Å². The van der Waals surface area contributed by atoms with Gasteiger partial charge in [0.25, 0.3) is 5.91 Å². The minimum absolute atomic E-state index is 0.0672. The Morgan fingerprint density at radius 1 is 1.67 bits per heavy atom. The van der Waals surface area contributed by atoms with Crippen molar-refractivity contribution in [3.63, 3.8) is 0 Å². The van der Waals surface area contributed by atoms with Gasteiger partial charge in [0.2, 0.25) is 0 Å². The first-order valence-corrected chi connectivity index (χ1v) is 6.10. The average molecular weight is 246 g/mol. The fourth-order valence-corrected chi connectivity index (χ4v) is 2.49. The summed E-state index contributed by atoms with van der Waals surface area (Å²) in [5.41, 5.74) is 0. The van der Waals surface area contributed by atoms with E-state index in [2.05, 4.69) is 5.32 Å². The molecule has 0 saturated carbocycles. The Bertz CT molecular complexity index is 347. The van der Waals surface area contributed by atoms with Crippen LogP contribution in [-0.2, 0) is 4.74 Å². The summed E-state index contributed by atoms with van der Waals surface area (Å²) in [6.45, 7) is 1.40. The Labute approximate surface area is 97.4 Å². The number of hydrogen-bond donors (Lipinski definition) is 1. The average Bonchev–Trinajstić information content (AvgIpc) is 2.84. The molecule has 2 heterocycles. The maximum absolute atomic E-state index is 11.6. The van der Waals surface area contributed by atoms with Gasteiger partial charge in [-0.3, -0.25) is 4.79 Å². The van der Waals surface area contributed by atoms with E-state index in [0.29, 0.717) is 15.8 Å². The predicted octanol–water partition coefficient (Wildman–Crippen LogP) is 2.31. The van der Waals surface area contributed by atoms with E-state index in [0.717, 1.165) is 19.4 Å². The first kappa shape index (κ1) is 10.9. The van der Waals surface area contributed by atoms with Crippen LogP contribution in [0.3, 0.4) is 0 Å². The summed E-state index contributed by atoms with van der Waals surface area (Å²) >= 11 is 7.04. The molecule has 5 heteroatoms. The number of carbonyl (C=O) groups is 1. The summed E-state index contributed by atoms with van der Waals surface area (Å²) in [4.78, 5) is 12.3. The normalized spacial score (nSPS) is 20.5. The molecule has 0 unspecified atom stereocenters. The van der Waals surface area contributed by atoms with Crippen molar-refractivity contribution in [3.8, 4) is 0 Å². The number of rotatable bonds is 3. The molecule has 82 valence electrons. The zero-order valence-corrected chi connectivity index (χ0v) is 9.74. The summed E-state index contributed by atoms with van der Waals surface area (Å²) in [6.07, 6.45) is 2.31. The predicted molar refractivity (Wildman–Crippen MR) is 60.6 cm³/mol. The third kappa shape index (κ3) is 2.93. The molecule has 1 atom stereocenters. The van der Waals surface area contributed by atoms with Crippen LogP contribution >= 0.6 is 22.9 Å². The van der Waals surface area contributed by atoms with Gasteiger partial charge in [0.15, 0.2) is 0 Å². The van der Waals surface area contributed by atoms with Gasteiger partial charge in [-0.25, -0.2) is 0 Å². The largest absolute Gasteiger partial charge is 0.376 e. The number of nitrogens with one attached hydrogen (secondary N) is 1. The highest BCUT2D eigenvalue weighted by Crippen LogP contribution is 2.21. The Hall–Kier alpha value is -0.580. The minimum atomic E-state index is -0.0672. The number of carbonyl (C=O) groups excluding carboxylic acids is 1. The Balaban J connectivity index is 1.81. The van der Waals surface area contributed by atoms with E-state index in [4.69, 9.17) is 16.3 Å². The smallest absolute Gasteiger partial charge is 0.261 e. The fraction of sp³-hybridized carbons (Fsp3) is 0.500. The van der Waals surface area contributed by atoms with Gasteiger partial charge in [-0.05, 0) is 25.0 Å². The van der Waals surface area contributed by atoms with Crippen molar-refractivity contribution in [2.75, 3.05) is 13.2 Å². The minimum Gasteiger partial charge on any atom is -0.376 e. The van der Waals surface area contributed by atoms with Crippen LogP contribution in [0, 0.1) is 0 Å². The van der Waals surface area contributed by atoms with Gasteiger partial charge in [-0.2, -0.15) is 0 Å². The van der Waals surface area contributed by atoms with Crippen molar-refractivity contribution in [3.05, 3.63) is 21.3 Å². The molecular formula is C10H12ClNO2S. The number of ether oxygens (including phenoxy) is 1. The van der Waals surface area contributed by atoms with E-state index in [1.165, 1.54) is 11.3 Å². The van der Waals surface area contributed by atoms with Crippen molar-refractivity contribution in [2.24, 2.45) is 0 Å². The van der Waals surface area contributed by atoms with Gasteiger partial charge in [0.1, 0.15) is 0 Å². The maximum atomic E-state index is 11.6. The van der Waals surface area contributed by atoms with E-state index in [9.17, 15) is 4.79 Å². The molecule has 0 aliphatic carbocycles. The van der Waals surface area contributed by atoms with E-state index >= 15 is 0 Å². The zero-order valence-electron chi connectivity index (χ0n) is 8.16. The molecule has 0 bridgehead atoms. The van der Waals surface area contributed by atoms with Crippen LogP contribution in [0.4, 0.5) is 0 Å². The van der Waals surface area contributed by atoms with Crippen molar-refractivity contribution in [1.82, 2.24) is 5.32 Å². The molecule has 1 aliphatic heterocycles. The molecular weight excluding hydrogens is 234 g/mol. The molecule has 0 spiro atoms. The molecule has 1 fully saturated rings. The number of halogens is 1. The lowest BCUT2D eigenvalue weighted by Gasteiger charge is -2.09. The van der Waals surface area contributed by atoms with E-state index in [-0.39, 0.29) is 12.0 Å². The molecule has 1 aromatic rings. The highest BCUT2D eigenvalue weighted by molar-refractivity contribution is 7.17. The first-order chi connectivity index (χ1) is 7.25. The van der Waals surface area contributed by atoms with Gasteiger partial charge in [0.05, 0.1) is 15.3 Å². The van der Waals surface area contributed by atoms with Crippen LogP contribution in [0.2, 0.25) is 4.34 Å². The number of hydrogen-bond acceptors (Lipinski definition) is 3. The summed E-state index contributed by atoms with van der Waals surface area (Å²) in [6, 6.07) is 3.46. The van der Waals surface area contributed by atoms with Gasteiger partial charge in [-0.1, -0.05) is 11.6 Å². The highest BCUT2D eigenvalue weighted by atomic mass is 35.5. The van der Waals surface area contributed by atoms with Crippen molar-refractivity contribution in [2.45, 2.75) is 18.9 Å². The SMILES string of the molecule is O=C(NC[C@@H]1CCCO1)c1ccc(Cl)s1. The third-order valence-corrected chi connectivity index (χ3v) is 3.54. The topological polar surface area (TPSA) is 38.3 Å². The van der Waals surface area contributed by atoms with Crippen LogP contribution in [0.25, 0.3) is 0 Å². The van der Waals surface area contributed by atoms with Crippen LogP contribution in [-0.4, -0.2) is 25.2 Å². The lowest BCUT2D eigenvalue weighted by Crippen LogP contribution is -2.31. The molecule has 2 rings (SSSR count). The summed E-state index contributed by atoms with van der Waals surface area (Å²) in [5.74, 6) is -0.0672. The van der Waals surface area contributed by atoms with Crippen LogP contribution in [0.1, 0.15) is 22.5 Å². The first-order valence-electron chi connectivity index (χ1n) is 4.91. The fourth-order valence-electron chi connectivity index (χ4n) is 1.54. The van der Waals surface area contributed by atoms with Gasteiger partial charge < -0.3 is 10.1 Å². The number of amides is 1. The van der Waals surface area contributed by atoms with Gasteiger partial charge in [-0.15, -0.1) is 11.3 Å². The van der Waals surface area contributed by atoms with E-state index in [1.54, 1.807) is 12.1 Å². The standard InChI is InChI=1S/C10H12ClNO2S/c11-9-4-3-8(15-9)10(13)12-6-7-2-1-5-14-7/h3-4,7H,1-2,5-6H2,(H,12,13)/t7-/m0/s1. The van der Waals surface area contributed by atoms with Crippen LogP contribution < -0.4 is 5.32 Å². The Kier molecular flexibility index (Phi) is 3.61. The number of thiophene rings is 1. The second kappa shape index (κ2) is 4.96. The van der Waals surface area contributed by atoms with Crippen molar-refractivity contribution in [1.29, 1.82) is 0 Å². The molecule has 3 nitrogen and oxygen atoms in total.